The number of benzene rings is 1. The molecule has 2 rings (SSSR count). The Labute approximate surface area is 112 Å². The van der Waals surface area contributed by atoms with E-state index < -0.39 is 0 Å². The molecular formula is C13H19N3O3. The van der Waals surface area contributed by atoms with Gasteiger partial charge in [0.2, 0.25) is 0 Å². The minimum absolute atomic E-state index is 0.151. The van der Waals surface area contributed by atoms with E-state index in [1.54, 1.807) is 0 Å². The fraction of sp³-hybridized carbons (Fsp3) is 0.462. The Balaban J connectivity index is 1.86. The van der Waals surface area contributed by atoms with Crippen molar-refractivity contribution in [2.75, 3.05) is 19.8 Å². The first-order chi connectivity index (χ1) is 9.20. The molecule has 0 spiro atoms. The summed E-state index contributed by atoms with van der Waals surface area (Å²) in [5, 5.41) is 14.7. The third kappa shape index (κ3) is 3.51. The van der Waals surface area contributed by atoms with Gasteiger partial charge in [-0.2, -0.15) is 0 Å². The lowest BCUT2D eigenvalue weighted by Gasteiger charge is -2.19. The summed E-state index contributed by atoms with van der Waals surface area (Å²) in [6.45, 7) is 3.77. The summed E-state index contributed by atoms with van der Waals surface area (Å²) in [5.41, 5.74) is 6.64. The summed E-state index contributed by atoms with van der Waals surface area (Å²) < 4.78 is 11.0. The molecule has 4 N–H and O–H groups in total. The summed E-state index contributed by atoms with van der Waals surface area (Å²) in [7, 11) is 0. The highest BCUT2D eigenvalue weighted by Gasteiger charge is 2.12. The molecule has 6 nitrogen and oxygen atoms in total. The lowest BCUT2D eigenvalue weighted by Crippen LogP contribution is -2.39. The molecule has 0 amide bonds. The number of hydrogen-bond donors (Lipinski definition) is 3. The van der Waals surface area contributed by atoms with Gasteiger partial charge in [0.1, 0.15) is 13.2 Å². The van der Waals surface area contributed by atoms with Crippen LogP contribution in [0.1, 0.15) is 12.5 Å². The molecule has 0 saturated heterocycles. The molecule has 1 aromatic carbocycles. The number of hydrogen-bond acceptors (Lipinski definition) is 5. The summed E-state index contributed by atoms with van der Waals surface area (Å²) in [6.07, 6.45) is 0.833. The van der Waals surface area contributed by atoms with Crippen molar-refractivity contribution in [2.24, 2.45) is 10.9 Å². The minimum Gasteiger partial charge on any atom is -0.486 e. The van der Waals surface area contributed by atoms with Gasteiger partial charge < -0.3 is 25.7 Å². The molecule has 104 valence electrons. The smallest absolute Gasteiger partial charge is 0.161 e. The Morgan fingerprint density at radius 1 is 1.42 bits per heavy atom. The quantitative estimate of drug-likeness (QED) is 0.316. The Morgan fingerprint density at radius 3 is 2.89 bits per heavy atom. The van der Waals surface area contributed by atoms with Gasteiger partial charge in [-0.05, 0) is 37.6 Å². The molecular weight excluding hydrogens is 246 g/mol. The van der Waals surface area contributed by atoms with E-state index in [-0.39, 0.29) is 11.9 Å². The minimum atomic E-state index is -0.151. The van der Waals surface area contributed by atoms with Crippen molar-refractivity contribution in [1.29, 1.82) is 0 Å². The third-order valence-corrected chi connectivity index (χ3v) is 3.03. The van der Waals surface area contributed by atoms with E-state index in [1.165, 1.54) is 0 Å². The van der Waals surface area contributed by atoms with Gasteiger partial charge in [0, 0.05) is 0 Å². The summed E-state index contributed by atoms with van der Waals surface area (Å²) in [5.74, 6) is 1.78. The second-order valence-corrected chi connectivity index (χ2v) is 4.43. The van der Waals surface area contributed by atoms with Crippen molar-refractivity contribution in [3.8, 4) is 11.5 Å². The van der Waals surface area contributed by atoms with Crippen molar-refractivity contribution >= 4 is 5.84 Å². The van der Waals surface area contributed by atoms with Crippen LogP contribution in [0.2, 0.25) is 0 Å². The molecule has 1 aliphatic rings. The first-order valence-corrected chi connectivity index (χ1v) is 6.30. The average Bonchev–Trinajstić information content (AvgIpc) is 2.46. The van der Waals surface area contributed by atoms with Crippen LogP contribution in [0.5, 0.6) is 11.5 Å². The lowest BCUT2D eigenvalue weighted by molar-refractivity contribution is 0.171. The third-order valence-electron chi connectivity index (χ3n) is 3.03. The molecule has 1 heterocycles. The van der Waals surface area contributed by atoms with E-state index in [0.717, 1.165) is 30.0 Å². The average molecular weight is 265 g/mol. The fourth-order valence-electron chi connectivity index (χ4n) is 1.87. The molecule has 1 aromatic rings. The van der Waals surface area contributed by atoms with Crippen molar-refractivity contribution in [3.05, 3.63) is 23.8 Å². The Hall–Kier alpha value is -1.95. The normalized spacial score (nSPS) is 16.2. The lowest BCUT2D eigenvalue weighted by atomic mass is 10.1. The zero-order valence-electron chi connectivity index (χ0n) is 10.9. The largest absolute Gasteiger partial charge is 0.486 e. The van der Waals surface area contributed by atoms with Crippen LogP contribution in [-0.4, -0.2) is 36.8 Å². The maximum Gasteiger partial charge on any atom is 0.161 e. The summed E-state index contributed by atoms with van der Waals surface area (Å²) in [4.78, 5) is 0. The van der Waals surface area contributed by atoms with Crippen LogP contribution in [0.4, 0.5) is 0 Å². The first kappa shape index (κ1) is 13.5. The molecule has 0 saturated carbocycles. The fourth-order valence-corrected chi connectivity index (χ4v) is 1.87. The molecule has 6 heteroatoms. The van der Waals surface area contributed by atoms with Crippen LogP contribution in [-0.2, 0) is 6.42 Å². The van der Waals surface area contributed by atoms with Crippen LogP contribution in [0, 0.1) is 0 Å². The van der Waals surface area contributed by atoms with Crippen molar-refractivity contribution in [1.82, 2.24) is 5.32 Å². The van der Waals surface area contributed by atoms with Gasteiger partial charge >= 0.3 is 0 Å². The van der Waals surface area contributed by atoms with Crippen LogP contribution in [0.3, 0.4) is 0 Å². The van der Waals surface area contributed by atoms with Crippen molar-refractivity contribution in [2.45, 2.75) is 19.4 Å². The number of nitrogens with one attached hydrogen (secondary N) is 1. The van der Waals surface area contributed by atoms with Gasteiger partial charge in [-0.15, -0.1) is 0 Å². The number of nitrogens with zero attached hydrogens (tertiary/aromatic N) is 1. The van der Waals surface area contributed by atoms with Crippen LogP contribution in [0.15, 0.2) is 23.4 Å². The summed E-state index contributed by atoms with van der Waals surface area (Å²) in [6, 6.07) is 5.78. The zero-order valence-corrected chi connectivity index (χ0v) is 10.9. The van der Waals surface area contributed by atoms with Gasteiger partial charge in [-0.3, -0.25) is 0 Å². The zero-order chi connectivity index (χ0) is 13.7. The number of ether oxygens (including phenoxy) is 2. The number of oxime groups is 1. The van der Waals surface area contributed by atoms with Crippen molar-refractivity contribution < 1.29 is 14.7 Å². The second-order valence-electron chi connectivity index (χ2n) is 4.43. The molecule has 0 aliphatic carbocycles. The number of amidine groups is 1. The Morgan fingerprint density at radius 2 is 2.16 bits per heavy atom. The SMILES string of the molecule is CC(NCCc1ccc2c(c1)OCCO2)C(N)=NO. The van der Waals surface area contributed by atoms with Gasteiger partial charge in [0.15, 0.2) is 17.3 Å². The van der Waals surface area contributed by atoms with Gasteiger partial charge in [0.05, 0.1) is 6.04 Å². The van der Waals surface area contributed by atoms with E-state index in [0.29, 0.717) is 13.2 Å². The molecule has 1 unspecified atom stereocenters. The van der Waals surface area contributed by atoms with Crippen LogP contribution in [0.25, 0.3) is 0 Å². The highest BCUT2D eigenvalue weighted by atomic mass is 16.6. The highest BCUT2D eigenvalue weighted by Crippen LogP contribution is 2.30. The Kier molecular flexibility index (Phi) is 4.46. The van der Waals surface area contributed by atoms with E-state index >= 15 is 0 Å². The standard InChI is InChI=1S/C13H19N3O3/c1-9(13(14)16-17)15-5-4-10-2-3-11-12(8-10)19-7-6-18-11/h2-3,8-9,15,17H,4-7H2,1H3,(H2,14,16). The van der Waals surface area contributed by atoms with E-state index in [4.69, 9.17) is 20.4 Å². The monoisotopic (exact) mass is 265 g/mol. The molecule has 0 radical (unpaired) electrons. The number of fused-ring (bicyclic) bond motifs is 1. The van der Waals surface area contributed by atoms with E-state index in [2.05, 4.69) is 10.5 Å². The summed E-state index contributed by atoms with van der Waals surface area (Å²) >= 11 is 0. The number of rotatable bonds is 5. The topological polar surface area (TPSA) is 89.1 Å². The molecule has 0 fully saturated rings. The predicted octanol–water partition coefficient (Wildman–Crippen LogP) is 0.725. The van der Waals surface area contributed by atoms with Crippen LogP contribution >= 0.6 is 0 Å². The van der Waals surface area contributed by atoms with Crippen molar-refractivity contribution in [3.63, 3.8) is 0 Å². The molecule has 0 aromatic heterocycles. The first-order valence-electron chi connectivity index (χ1n) is 6.30. The highest BCUT2D eigenvalue weighted by molar-refractivity contribution is 5.84. The molecule has 0 bridgehead atoms. The van der Waals surface area contributed by atoms with E-state index in [9.17, 15) is 0 Å². The number of nitrogens with two attached hydrogens (primary N) is 1. The van der Waals surface area contributed by atoms with Gasteiger partial charge in [-0.1, -0.05) is 11.2 Å². The van der Waals surface area contributed by atoms with Gasteiger partial charge in [-0.25, -0.2) is 0 Å². The Bertz CT molecular complexity index is 462. The molecule has 1 aliphatic heterocycles. The maximum absolute atomic E-state index is 8.55. The molecule has 1 atom stereocenters. The predicted molar refractivity (Wildman–Crippen MR) is 72.0 cm³/mol. The maximum atomic E-state index is 8.55. The second kappa shape index (κ2) is 6.29. The van der Waals surface area contributed by atoms with E-state index in [1.807, 2.05) is 25.1 Å². The molecule has 19 heavy (non-hydrogen) atoms. The van der Waals surface area contributed by atoms with Gasteiger partial charge in [0.25, 0.3) is 0 Å². The van der Waals surface area contributed by atoms with Crippen LogP contribution < -0.4 is 20.5 Å².